The Bertz CT molecular complexity index is 543. The first kappa shape index (κ1) is 13.8. The van der Waals surface area contributed by atoms with Crippen LogP contribution in [0, 0.1) is 13.8 Å². The minimum atomic E-state index is 0.457. The molecule has 1 aromatic rings. The largest absolute Gasteiger partial charge is 0.389 e. The van der Waals surface area contributed by atoms with Gasteiger partial charge in [-0.3, -0.25) is 9.88 Å². The lowest BCUT2D eigenvalue weighted by atomic mass is 10.1. The van der Waals surface area contributed by atoms with E-state index < -0.39 is 0 Å². The van der Waals surface area contributed by atoms with Gasteiger partial charge in [-0.2, -0.15) is 0 Å². The molecule has 0 bridgehead atoms. The summed E-state index contributed by atoms with van der Waals surface area (Å²) in [6.45, 7) is 8.56. The highest BCUT2D eigenvalue weighted by Gasteiger charge is 2.31. The maximum atomic E-state index is 5.93. The van der Waals surface area contributed by atoms with E-state index in [2.05, 4.69) is 20.9 Å². The number of nitrogens with two attached hydrogens (primary N) is 1. The first-order valence-electron chi connectivity index (χ1n) is 7.33. The molecule has 108 valence electrons. The van der Waals surface area contributed by atoms with Gasteiger partial charge in [-0.25, -0.2) is 0 Å². The van der Waals surface area contributed by atoms with Crippen molar-refractivity contribution in [3.05, 3.63) is 23.0 Å². The molecule has 1 aromatic heterocycles. The normalized spacial score (nSPS) is 22.9. The molecule has 0 amide bonds. The number of hydrogen-bond donors (Lipinski definition) is 1. The standard InChI is InChI=1S/C15H22N4S/c1-10-8-13(14(15(16)20)11(2)17-10)19-7-6-18-5-3-4-12(18)9-19/h8,12H,3-7,9H2,1-2H3,(H2,16,20). The first-order valence-corrected chi connectivity index (χ1v) is 7.74. The van der Waals surface area contributed by atoms with Crippen molar-refractivity contribution in [3.63, 3.8) is 0 Å². The summed E-state index contributed by atoms with van der Waals surface area (Å²) >= 11 is 5.24. The third kappa shape index (κ3) is 2.40. The second-order valence-electron chi connectivity index (χ2n) is 5.89. The van der Waals surface area contributed by atoms with Gasteiger partial charge in [0.2, 0.25) is 0 Å². The van der Waals surface area contributed by atoms with Crippen molar-refractivity contribution >= 4 is 22.9 Å². The number of aromatic nitrogens is 1. The number of rotatable bonds is 2. The van der Waals surface area contributed by atoms with Crippen LogP contribution in [-0.2, 0) is 0 Å². The summed E-state index contributed by atoms with van der Waals surface area (Å²) in [7, 11) is 0. The van der Waals surface area contributed by atoms with Crippen molar-refractivity contribution in [2.45, 2.75) is 32.7 Å². The lowest BCUT2D eigenvalue weighted by Crippen LogP contribution is -2.50. The van der Waals surface area contributed by atoms with E-state index in [0.29, 0.717) is 11.0 Å². The van der Waals surface area contributed by atoms with Crippen LogP contribution in [0.3, 0.4) is 0 Å². The van der Waals surface area contributed by atoms with Gasteiger partial charge in [0.1, 0.15) is 4.99 Å². The average molecular weight is 290 g/mol. The zero-order valence-corrected chi connectivity index (χ0v) is 13.0. The Labute approximate surface area is 126 Å². The van der Waals surface area contributed by atoms with Crippen molar-refractivity contribution in [1.29, 1.82) is 0 Å². The maximum absolute atomic E-state index is 5.93. The molecule has 2 N–H and O–H groups in total. The van der Waals surface area contributed by atoms with Gasteiger partial charge in [0.15, 0.2) is 0 Å². The molecule has 1 unspecified atom stereocenters. The molecule has 0 saturated carbocycles. The summed E-state index contributed by atoms with van der Waals surface area (Å²) in [5, 5.41) is 0. The van der Waals surface area contributed by atoms with E-state index in [9.17, 15) is 0 Å². The van der Waals surface area contributed by atoms with Crippen molar-refractivity contribution in [2.24, 2.45) is 5.73 Å². The molecule has 20 heavy (non-hydrogen) atoms. The quantitative estimate of drug-likeness (QED) is 0.839. The Morgan fingerprint density at radius 2 is 2.15 bits per heavy atom. The van der Waals surface area contributed by atoms with Crippen LogP contribution in [0.4, 0.5) is 5.69 Å². The van der Waals surface area contributed by atoms with Gasteiger partial charge in [-0.15, -0.1) is 0 Å². The number of fused-ring (bicyclic) bond motifs is 1. The Kier molecular flexibility index (Phi) is 3.65. The van der Waals surface area contributed by atoms with E-state index in [-0.39, 0.29) is 0 Å². The summed E-state index contributed by atoms with van der Waals surface area (Å²) in [6.07, 6.45) is 2.64. The molecule has 0 spiro atoms. The smallest absolute Gasteiger partial charge is 0.107 e. The number of thiocarbonyl (C=S) groups is 1. The first-order chi connectivity index (χ1) is 9.56. The predicted octanol–water partition coefficient (Wildman–Crippen LogP) is 1.62. The number of aryl methyl sites for hydroxylation is 2. The molecular weight excluding hydrogens is 268 g/mol. The summed E-state index contributed by atoms with van der Waals surface area (Å²) in [6, 6.07) is 2.82. The molecule has 0 radical (unpaired) electrons. The Morgan fingerprint density at radius 1 is 1.35 bits per heavy atom. The second-order valence-corrected chi connectivity index (χ2v) is 6.33. The fraction of sp³-hybridized carbons (Fsp3) is 0.600. The van der Waals surface area contributed by atoms with Crippen LogP contribution in [0.5, 0.6) is 0 Å². The van der Waals surface area contributed by atoms with Crippen LogP contribution >= 0.6 is 12.2 Å². The van der Waals surface area contributed by atoms with Crippen LogP contribution in [0.2, 0.25) is 0 Å². The van der Waals surface area contributed by atoms with Gasteiger partial charge < -0.3 is 10.6 Å². The lowest BCUT2D eigenvalue weighted by molar-refractivity contribution is 0.231. The number of piperazine rings is 1. The molecule has 3 rings (SSSR count). The molecule has 2 aliphatic rings. The minimum Gasteiger partial charge on any atom is -0.389 e. The number of nitrogens with zero attached hydrogens (tertiary/aromatic N) is 3. The van der Waals surface area contributed by atoms with Crippen LogP contribution in [0.25, 0.3) is 0 Å². The predicted molar refractivity (Wildman–Crippen MR) is 86.4 cm³/mol. The average Bonchev–Trinajstić information content (AvgIpc) is 2.84. The van der Waals surface area contributed by atoms with Gasteiger partial charge in [-0.05, 0) is 39.3 Å². The summed E-state index contributed by atoms with van der Waals surface area (Å²) in [5.74, 6) is 0. The molecular formula is C15H22N4S. The van der Waals surface area contributed by atoms with Crippen LogP contribution in [0.15, 0.2) is 6.07 Å². The Hall–Kier alpha value is -1.20. The van der Waals surface area contributed by atoms with E-state index in [1.165, 1.54) is 25.1 Å². The van der Waals surface area contributed by atoms with Gasteiger partial charge in [0.05, 0.1) is 11.3 Å². The van der Waals surface area contributed by atoms with E-state index >= 15 is 0 Å². The monoisotopic (exact) mass is 290 g/mol. The van der Waals surface area contributed by atoms with Gasteiger partial charge >= 0.3 is 0 Å². The van der Waals surface area contributed by atoms with Crippen LogP contribution in [0.1, 0.15) is 29.8 Å². The molecule has 0 aromatic carbocycles. The van der Waals surface area contributed by atoms with Gasteiger partial charge in [0, 0.05) is 37.1 Å². The van der Waals surface area contributed by atoms with Crippen molar-refractivity contribution < 1.29 is 0 Å². The fourth-order valence-corrected chi connectivity index (χ4v) is 3.82. The van der Waals surface area contributed by atoms with Crippen molar-refractivity contribution in [1.82, 2.24) is 9.88 Å². The molecule has 1 atom stereocenters. The van der Waals surface area contributed by atoms with E-state index in [0.717, 1.165) is 36.6 Å². The summed E-state index contributed by atoms with van der Waals surface area (Å²) in [4.78, 5) is 10.0. The van der Waals surface area contributed by atoms with Crippen LogP contribution in [-0.4, -0.2) is 47.1 Å². The zero-order chi connectivity index (χ0) is 14.3. The summed E-state index contributed by atoms with van der Waals surface area (Å²) in [5.41, 5.74) is 10.0. The summed E-state index contributed by atoms with van der Waals surface area (Å²) < 4.78 is 0. The minimum absolute atomic E-state index is 0.457. The number of pyridine rings is 1. The van der Waals surface area contributed by atoms with E-state index in [4.69, 9.17) is 18.0 Å². The van der Waals surface area contributed by atoms with Crippen LogP contribution < -0.4 is 10.6 Å². The highest BCUT2D eigenvalue weighted by atomic mass is 32.1. The topological polar surface area (TPSA) is 45.4 Å². The maximum Gasteiger partial charge on any atom is 0.107 e. The second kappa shape index (κ2) is 5.30. The lowest BCUT2D eigenvalue weighted by Gasteiger charge is -2.39. The third-order valence-electron chi connectivity index (χ3n) is 4.48. The molecule has 5 heteroatoms. The molecule has 3 heterocycles. The SMILES string of the molecule is Cc1cc(N2CCN3CCCC3C2)c(C(N)=S)c(C)n1. The molecule has 0 aliphatic carbocycles. The highest BCUT2D eigenvalue weighted by Crippen LogP contribution is 2.29. The molecule has 2 fully saturated rings. The number of anilines is 1. The molecule has 2 aliphatic heterocycles. The molecule has 2 saturated heterocycles. The van der Waals surface area contributed by atoms with Gasteiger partial charge in [0.25, 0.3) is 0 Å². The Morgan fingerprint density at radius 3 is 2.90 bits per heavy atom. The highest BCUT2D eigenvalue weighted by molar-refractivity contribution is 7.80. The number of hydrogen-bond acceptors (Lipinski definition) is 4. The molecule has 4 nitrogen and oxygen atoms in total. The van der Waals surface area contributed by atoms with E-state index in [1.807, 2.05) is 13.8 Å². The Balaban J connectivity index is 1.95. The zero-order valence-electron chi connectivity index (χ0n) is 12.2. The van der Waals surface area contributed by atoms with Crippen molar-refractivity contribution in [3.8, 4) is 0 Å². The fourth-order valence-electron chi connectivity index (χ4n) is 3.57. The van der Waals surface area contributed by atoms with Crippen molar-refractivity contribution in [2.75, 3.05) is 31.1 Å². The third-order valence-corrected chi connectivity index (χ3v) is 4.69. The van der Waals surface area contributed by atoms with Gasteiger partial charge in [-0.1, -0.05) is 12.2 Å². The van der Waals surface area contributed by atoms with E-state index in [1.54, 1.807) is 0 Å².